The molecule has 6 heteroatoms. The summed E-state index contributed by atoms with van der Waals surface area (Å²) < 4.78 is 5.93. The van der Waals surface area contributed by atoms with Crippen molar-refractivity contribution in [3.63, 3.8) is 0 Å². The topological polar surface area (TPSA) is 95.9 Å². The number of allylic oxidation sites excluding steroid dienone is 4. The van der Waals surface area contributed by atoms with Crippen LogP contribution in [0.2, 0.25) is 0 Å². The lowest BCUT2D eigenvalue weighted by Crippen LogP contribution is -2.46. The van der Waals surface area contributed by atoms with Crippen molar-refractivity contribution >= 4 is 11.9 Å². The van der Waals surface area contributed by atoms with E-state index in [2.05, 4.69) is 50.4 Å². The molecule has 0 aromatic rings. The molecule has 0 radical (unpaired) electrons. The molecule has 0 aliphatic carbocycles. The molecule has 366 valence electrons. The molecule has 6 nitrogen and oxygen atoms in total. The van der Waals surface area contributed by atoms with Gasteiger partial charge in [-0.3, -0.25) is 9.59 Å². The number of rotatable bonds is 50. The van der Waals surface area contributed by atoms with Gasteiger partial charge >= 0.3 is 5.97 Å². The van der Waals surface area contributed by atoms with E-state index in [0.717, 1.165) is 64.2 Å². The first-order chi connectivity index (χ1) is 30.5. The van der Waals surface area contributed by atoms with Crippen molar-refractivity contribution in [1.82, 2.24) is 5.32 Å². The van der Waals surface area contributed by atoms with Crippen LogP contribution >= 0.6 is 0 Å². The van der Waals surface area contributed by atoms with Gasteiger partial charge in [-0.15, -0.1) is 0 Å². The fourth-order valence-electron chi connectivity index (χ4n) is 8.54. The van der Waals surface area contributed by atoms with Crippen LogP contribution in [-0.4, -0.2) is 46.9 Å². The molecular formula is C56H107NO5. The summed E-state index contributed by atoms with van der Waals surface area (Å²) in [6.07, 6.45) is 58.1. The summed E-state index contributed by atoms with van der Waals surface area (Å²) in [6, 6.07) is -0.706. The van der Waals surface area contributed by atoms with E-state index in [0.29, 0.717) is 19.3 Å². The van der Waals surface area contributed by atoms with Crippen LogP contribution in [0.15, 0.2) is 24.3 Å². The van der Waals surface area contributed by atoms with Crippen molar-refractivity contribution in [1.29, 1.82) is 0 Å². The number of hydrogen-bond acceptors (Lipinski definition) is 5. The molecule has 0 saturated heterocycles. The van der Waals surface area contributed by atoms with Crippen LogP contribution in [0.3, 0.4) is 0 Å². The Bertz CT molecular complexity index is 981. The molecule has 0 aliphatic heterocycles. The van der Waals surface area contributed by atoms with Gasteiger partial charge in [0.05, 0.1) is 25.2 Å². The zero-order valence-electron chi connectivity index (χ0n) is 41.8. The quantitative estimate of drug-likeness (QED) is 0.0321. The molecule has 0 fully saturated rings. The molecule has 0 aromatic carbocycles. The highest BCUT2D eigenvalue weighted by molar-refractivity contribution is 5.77. The minimum Gasteiger partial charge on any atom is -0.462 e. The molecule has 3 N–H and O–H groups in total. The Labute approximate surface area is 386 Å². The molecule has 3 atom stereocenters. The number of esters is 1. The van der Waals surface area contributed by atoms with E-state index >= 15 is 0 Å². The third kappa shape index (κ3) is 44.9. The van der Waals surface area contributed by atoms with Gasteiger partial charge in [-0.1, -0.05) is 231 Å². The summed E-state index contributed by atoms with van der Waals surface area (Å²) in [7, 11) is 0. The van der Waals surface area contributed by atoms with E-state index in [1.165, 1.54) is 186 Å². The highest BCUT2D eigenvalue weighted by Crippen LogP contribution is 2.18. The number of aliphatic hydroxyl groups is 2. The third-order valence-electron chi connectivity index (χ3n) is 12.8. The lowest BCUT2D eigenvalue weighted by molar-refractivity contribution is -0.151. The van der Waals surface area contributed by atoms with Crippen LogP contribution in [0.25, 0.3) is 0 Å². The molecule has 0 aromatic heterocycles. The zero-order valence-corrected chi connectivity index (χ0v) is 41.8. The van der Waals surface area contributed by atoms with Gasteiger partial charge in [-0.2, -0.15) is 0 Å². The van der Waals surface area contributed by atoms with Gasteiger partial charge in [0.15, 0.2) is 0 Å². The van der Waals surface area contributed by atoms with Crippen molar-refractivity contribution in [3.8, 4) is 0 Å². The second-order valence-corrected chi connectivity index (χ2v) is 19.0. The van der Waals surface area contributed by atoms with Gasteiger partial charge in [0.2, 0.25) is 5.91 Å². The Morgan fingerprint density at radius 2 is 0.774 bits per heavy atom. The van der Waals surface area contributed by atoms with Crippen LogP contribution in [0.1, 0.15) is 297 Å². The molecule has 0 bridgehead atoms. The number of aliphatic hydroxyl groups excluding tert-OH is 2. The first-order valence-electron chi connectivity index (χ1n) is 27.6. The Morgan fingerprint density at radius 3 is 1.16 bits per heavy atom. The smallest absolute Gasteiger partial charge is 0.306 e. The Kier molecular flexibility index (Phi) is 49.0. The number of carbonyl (C=O) groups is 2. The average molecular weight is 874 g/mol. The van der Waals surface area contributed by atoms with Gasteiger partial charge in [-0.25, -0.2) is 0 Å². The molecule has 0 rings (SSSR count). The summed E-state index contributed by atoms with van der Waals surface area (Å²) in [5, 5.41) is 23.8. The summed E-state index contributed by atoms with van der Waals surface area (Å²) >= 11 is 0. The fourth-order valence-corrected chi connectivity index (χ4v) is 8.54. The molecular weight excluding hydrogens is 767 g/mol. The first kappa shape index (κ1) is 60.3. The highest BCUT2D eigenvalue weighted by atomic mass is 16.5. The van der Waals surface area contributed by atoms with Crippen molar-refractivity contribution in [2.75, 3.05) is 6.61 Å². The van der Waals surface area contributed by atoms with Crippen molar-refractivity contribution in [2.24, 2.45) is 0 Å². The average Bonchev–Trinajstić information content (AvgIpc) is 3.26. The number of hydrogen-bond donors (Lipinski definition) is 3. The molecule has 3 unspecified atom stereocenters. The first-order valence-corrected chi connectivity index (χ1v) is 27.6. The normalized spacial score (nSPS) is 13.3. The van der Waals surface area contributed by atoms with Gasteiger partial charge in [0.25, 0.3) is 0 Å². The van der Waals surface area contributed by atoms with Crippen LogP contribution in [-0.2, 0) is 14.3 Å². The van der Waals surface area contributed by atoms with Crippen LogP contribution in [0.4, 0.5) is 0 Å². The Morgan fingerprint density at radius 1 is 0.452 bits per heavy atom. The van der Waals surface area contributed by atoms with Crippen molar-refractivity contribution in [2.45, 2.75) is 315 Å². The fraction of sp³-hybridized carbons (Fsp3) is 0.893. The van der Waals surface area contributed by atoms with Crippen LogP contribution in [0.5, 0.6) is 0 Å². The van der Waals surface area contributed by atoms with E-state index in [1.54, 1.807) is 0 Å². The van der Waals surface area contributed by atoms with Crippen molar-refractivity contribution in [3.05, 3.63) is 24.3 Å². The maximum Gasteiger partial charge on any atom is 0.306 e. The molecule has 0 spiro atoms. The molecule has 0 aliphatic rings. The zero-order chi connectivity index (χ0) is 45.2. The number of amides is 1. The minimum atomic E-state index is -0.791. The largest absolute Gasteiger partial charge is 0.462 e. The predicted octanol–water partition coefficient (Wildman–Crippen LogP) is 16.7. The molecule has 62 heavy (non-hydrogen) atoms. The molecule has 0 heterocycles. The van der Waals surface area contributed by atoms with Gasteiger partial charge in [-0.05, 0) is 77.0 Å². The Hall–Kier alpha value is -1.66. The van der Waals surface area contributed by atoms with E-state index < -0.39 is 18.2 Å². The number of unbranched alkanes of at least 4 members (excludes halogenated alkanes) is 34. The van der Waals surface area contributed by atoms with Gasteiger partial charge < -0.3 is 20.3 Å². The van der Waals surface area contributed by atoms with Crippen LogP contribution < -0.4 is 5.32 Å². The number of carbonyl (C=O) groups excluding carboxylic acids is 2. The van der Waals surface area contributed by atoms with E-state index in [9.17, 15) is 19.8 Å². The van der Waals surface area contributed by atoms with Crippen molar-refractivity contribution < 1.29 is 24.5 Å². The van der Waals surface area contributed by atoms with E-state index in [-0.39, 0.29) is 24.9 Å². The van der Waals surface area contributed by atoms with Gasteiger partial charge in [0.1, 0.15) is 6.10 Å². The second kappa shape index (κ2) is 50.3. The number of nitrogens with one attached hydrogen (secondary N) is 1. The summed E-state index contributed by atoms with van der Waals surface area (Å²) in [4.78, 5) is 26.2. The minimum absolute atomic E-state index is 0.0653. The maximum absolute atomic E-state index is 13.2. The second-order valence-electron chi connectivity index (χ2n) is 19.0. The monoisotopic (exact) mass is 874 g/mol. The lowest BCUT2D eigenvalue weighted by Gasteiger charge is -2.24. The third-order valence-corrected chi connectivity index (χ3v) is 12.8. The standard InChI is InChI=1S/C56H107NO5/c1-4-7-10-13-16-19-22-25-28-30-33-36-39-42-45-48-54(59)53(51-58)57-55(60)50-52(47-44-41-38-35-32-29-26-23-20-17-14-11-8-5-2)62-56(61)49-46-43-40-37-34-31-27-24-21-18-15-12-9-6-3/h29,31-32,34,52-54,58-59H,4-28,30,33,35-51H2,1-3H3,(H,57,60)/b32-29+,34-31-. The highest BCUT2D eigenvalue weighted by Gasteiger charge is 2.24. The Balaban J connectivity index is 4.56. The predicted molar refractivity (Wildman–Crippen MR) is 269 cm³/mol. The molecule has 1 amide bonds. The number of ether oxygens (including phenoxy) is 1. The van der Waals surface area contributed by atoms with E-state index in [4.69, 9.17) is 4.74 Å². The molecule has 0 saturated carbocycles. The summed E-state index contributed by atoms with van der Waals surface area (Å²) in [5.74, 6) is -0.494. The summed E-state index contributed by atoms with van der Waals surface area (Å²) in [5.41, 5.74) is 0. The van der Waals surface area contributed by atoms with Gasteiger partial charge in [0, 0.05) is 6.42 Å². The maximum atomic E-state index is 13.2. The summed E-state index contributed by atoms with van der Waals surface area (Å²) in [6.45, 7) is 6.50. The lowest BCUT2D eigenvalue weighted by atomic mass is 10.0. The van der Waals surface area contributed by atoms with Crippen LogP contribution in [0, 0.1) is 0 Å². The van der Waals surface area contributed by atoms with E-state index in [1.807, 2.05) is 0 Å². The SMILES string of the molecule is CCCCCCCCC/C=C\CCCCCC(=O)OC(CCCCC/C=C/CCCCCCCCC)CC(=O)NC(CO)C(O)CCCCCCCCCCCCCCCCC.